The summed E-state index contributed by atoms with van der Waals surface area (Å²) in [6.07, 6.45) is 1.46. The van der Waals surface area contributed by atoms with Crippen molar-refractivity contribution in [2.24, 2.45) is 0 Å². The van der Waals surface area contributed by atoms with Crippen LogP contribution in [0.2, 0.25) is 0 Å². The van der Waals surface area contributed by atoms with Crippen molar-refractivity contribution in [1.82, 2.24) is 4.90 Å². The number of morpholine rings is 1. The molecule has 1 amide bonds. The van der Waals surface area contributed by atoms with Crippen molar-refractivity contribution in [3.8, 4) is 0 Å². The predicted molar refractivity (Wildman–Crippen MR) is 112 cm³/mol. The largest absolute Gasteiger partial charge is 0.378 e. The van der Waals surface area contributed by atoms with Gasteiger partial charge >= 0.3 is 0 Å². The standard InChI is InChI=1S/C22H24N2O4S/c1-16(2)17-7-9-18(10-8-17)24-15-21(22(25)23-11-13-28-14-12-23)29(26,27)20-6-4-3-5-19(20)24/h3-10,15-16H,11-14H2,1-2H3. The van der Waals surface area contributed by atoms with E-state index in [1.54, 1.807) is 34.1 Å². The number of hydrogen-bond acceptors (Lipinski definition) is 5. The molecule has 0 unspecified atom stereocenters. The number of nitrogens with zero attached hydrogens (tertiary/aromatic N) is 2. The summed E-state index contributed by atoms with van der Waals surface area (Å²) in [6, 6.07) is 14.8. The highest BCUT2D eigenvalue weighted by molar-refractivity contribution is 7.96. The first-order valence-corrected chi connectivity index (χ1v) is 11.2. The second kappa shape index (κ2) is 7.65. The smallest absolute Gasteiger partial charge is 0.267 e. The van der Waals surface area contributed by atoms with Crippen LogP contribution < -0.4 is 4.90 Å². The summed E-state index contributed by atoms with van der Waals surface area (Å²) in [6.45, 7) is 5.84. The molecule has 29 heavy (non-hydrogen) atoms. The lowest BCUT2D eigenvalue weighted by Crippen LogP contribution is -2.43. The van der Waals surface area contributed by atoms with Gasteiger partial charge in [0.05, 0.1) is 23.8 Å². The summed E-state index contributed by atoms with van der Waals surface area (Å²) in [5.74, 6) is -0.0846. The van der Waals surface area contributed by atoms with E-state index in [1.807, 2.05) is 24.3 Å². The number of ether oxygens (including phenoxy) is 1. The number of rotatable bonds is 3. The summed E-state index contributed by atoms with van der Waals surface area (Å²) in [5.41, 5.74) is 2.55. The molecule has 0 N–H and O–H groups in total. The van der Waals surface area contributed by atoms with Crippen LogP contribution in [0.1, 0.15) is 25.3 Å². The highest BCUT2D eigenvalue weighted by Crippen LogP contribution is 2.40. The molecule has 0 radical (unpaired) electrons. The molecule has 2 heterocycles. The van der Waals surface area contributed by atoms with E-state index in [1.165, 1.54) is 11.8 Å². The lowest BCUT2D eigenvalue weighted by molar-refractivity contribution is -0.130. The van der Waals surface area contributed by atoms with Crippen molar-refractivity contribution in [1.29, 1.82) is 0 Å². The Morgan fingerprint density at radius 2 is 1.66 bits per heavy atom. The van der Waals surface area contributed by atoms with Crippen LogP contribution in [0.5, 0.6) is 0 Å². The van der Waals surface area contributed by atoms with Crippen molar-refractivity contribution >= 4 is 27.1 Å². The minimum absolute atomic E-state index is 0.145. The van der Waals surface area contributed by atoms with Gasteiger partial charge in [0.1, 0.15) is 0 Å². The van der Waals surface area contributed by atoms with Crippen molar-refractivity contribution in [3.05, 3.63) is 65.2 Å². The predicted octanol–water partition coefficient (Wildman–Crippen LogP) is 3.44. The van der Waals surface area contributed by atoms with Gasteiger partial charge in [0.2, 0.25) is 9.84 Å². The minimum Gasteiger partial charge on any atom is -0.378 e. The first kappa shape index (κ1) is 19.7. The molecule has 7 heteroatoms. The molecular formula is C22H24N2O4S. The summed E-state index contributed by atoms with van der Waals surface area (Å²) < 4.78 is 31.8. The van der Waals surface area contributed by atoms with Gasteiger partial charge in [-0.05, 0) is 35.7 Å². The van der Waals surface area contributed by atoms with Gasteiger partial charge in [-0.2, -0.15) is 0 Å². The van der Waals surface area contributed by atoms with Crippen molar-refractivity contribution in [3.63, 3.8) is 0 Å². The monoisotopic (exact) mass is 412 g/mol. The number of sulfone groups is 1. The molecule has 0 aliphatic carbocycles. The molecule has 152 valence electrons. The zero-order valence-corrected chi connectivity index (χ0v) is 17.4. The Balaban J connectivity index is 1.81. The maximum Gasteiger partial charge on any atom is 0.267 e. The first-order valence-electron chi connectivity index (χ1n) is 9.72. The topological polar surface area (TPSA) is 66.9 Å². The molecule has 0 bridgehead atoms. The molecule has 0 spiro atoms. The second-order valence-electron chi connectivity index (χ2n) is 7.49. The second-order valence-corrected chi connectivity index (χ2v) is 9.37. The number of anilines is 2. The van der Waals surface area contributed by atoms with Crippen LogP contribution in [0.15, 0.2) is 64.5 Å². The molecular weight excluding hydrogens is 388 g/mol. The van der Waals surface area contributed by atoms with Gasteiger partial charge in [0, 0.05) is 25.0 Å². The number of benzene rings is 2. The van der Waals surface area contributed by atoms with Gasteiger partial charge in [-0.15, -0.1) is 0 Å². The van der Waals surface area contributed by atoms with Gasteiger partial charge in [-0.3, -0.25) is 4.79 Å². The number of para-hydroxylation sites is 1. The normalized spacial score (nSPS) is 18.4. The minimum atomic E-state index is -3.91. The van der Waals surface area contributed by atoms with Crippen LogP contribution in [0, 0.1) is 0 Å². The molecule has 0 saturated carbocycles. The Morgan fingerprint density at radius 1 is 1.00 bits per heavy atom. The van der Waals surface area contributed by atoms with E-state index in [9.17, 15) is 13.2 Å². The van der Waals surface area contributed by atoms with E-state index in [4.69, 9.17) is 4.74 Å². The van der Waals surface area contributed by atoms with E-state index >= 15 is 0 Å². The summed E-state index contributed by atoms with van der Waals surface area (Å²) in [4.78, 5) is 16.4. The van der Waals surface area contributed by atoms with Crippen LogP contribution in [0.3, 0.4) is 0 Å². The molecule has 6 nitrogen and oxygen atoms in total. The van der Waals surface area contributed by atoms with Gasteiger partial charge in [-0.25, -0.2) is 8.42 Å². The fourth-order valence-corrected chi connectivity index (χ4v) is 5.12. The van der Waals surface area contributed by atoms with Gasteiger partial charge in [0.15, 0.2) is 4.91 Å². The third-order valence-electron chi connectivity index (χ3n) is 5.30. The van der Waals surface area contributed by atoms with Crippen LogP contribution >= 0.6 is 0 Å². The fraction of sp³-hybridized carbons (Fsp3) is 0.318. The van der Waals surface area contributed by atoms with Gasteiger partial charge in [-0.1, -0.05) is 38.1 Å². The fourth-order valence-electron chi connectivity index (χ4n) is 3.58. The number of amides is 1. The highest BCUT2D eigenvalue weighted by atomic mass is 32.2. The zero-order chi connectivity index (χ0) is 20.6. The molecule has 0 aromatic heterocycles. The summed E-state index contributed by atoms with van der Waals surface area (Å²) in [5, 5.41) is 0. The van der Waals surface area contributed by atoms with Crippen LogP contribution in [0.4, 0.5) is 11.4 Å². The molecule has 2 aliphatic rings. The summed E-state index contributed by atoms with van der Waals surface area (Å²) >= 11 is 0. The van der Waals surface area contributed by atoms with Gasteiger partial charge in [0.25, 0.3) is 5.91 Å². The quantitative estimate of drug-likeness (QED) is 0.773. The molecule has 4 rings (SSSR count). The lowest BCUT2D eigenvalue weighted by Gasteiger charge is -2.32. The number of fused-ring (bicyclic) bond motifs is 1. The van der Waals surface area contributed by atoms with E-state index in [2.05, 4.69) is 13.8 Å². The maximum atomic E-state index is 13.2. The van der Waals surface area contributed by atoms with Crippen LogP contribution in [-0.4, -0.2) is 45.5 Å². The molecule has 2 aromatic rings. The summed E-state index contributed by atoms with van der Waals surface area (Å²) in [7, 11) is -3.91. The third kappa shape index (κ3) is 3.56. The molecule has 0 atom stereocenters. The van der Waals surface area contributed by atoms with E-state index in [-0.39, 0.29) is 9.80 Å². The molecule has 1 fully saturated rings. The Bertz CT molecular complexity index is 1050. The maximum absolute atomic E-state index is 13.2. The SMILES string of the molecule is CC(C)c1ccc(N2C=C(C(=O)N3CCOCC3)S(=O)(=O)c3ccccc32)cc1. The number of hydrogen-bond donors (Lipinski definition) is 0. The molecule has 2 aliphatic heterocycles. The van der Waals surface area contributed by atoms with Crippen LogP contribution in [-0.2, 0) is 19.4 Å². The first-order chi connectivity index (χ1) is 13.9. The highest BCUT2D eigenvalue weighted by Gasteiger charge is 2.37. The van der Waals surface area contributed by atoms with Crippen LogP contribution in [0.25, 0.3) is 0 Å². The molecule has 1 saturated heterocycles. The number of carbonyl (C=O) groups excluding carboxylic acids is 1. The zero-order valence-electron chi connectivity index (χ0n) is 16.5. The third-order valence-corrected chi connectivity index (χ3v) is 7.08. The average molecular weight is 413 g/mol. The van der Waals surface area contributed by atoms with E-state index in [0.29, 0.717) is 37.9 Å². The van der Waals surface area contributed by atoms with Crippen molar-refractivity contribution < 1.29 is 17.9 Å². The van der Waals surface area contributed by atoms with Crippen molar-refractivity contribution in [2.45, 2.75) is 24.7 Å². The lowest BCUT2D eigenvalue weighted by atomic mass is 10.0. The van der Waals surface area contributed by atoms with Gasteiger partial charge < -0.3 is 14.5 Å². The molecule has 2 aromatic carbocycles. The van der Waals surface area contributed by atoms with Crippen molar-refractivity contribution in [2.75, 3.05) is 31.2 Å². The Kier molecular flexibility index (Phi) is 5.19. The average Bonchev–Trinajstić information content (AvgIpc) is 2.74. The Labute approximate surface area is 171 Å². The Morgan fingerprint density at radius 3 is 2.31 bits per heavy atom. The number of carbonyl (C=O) groups is 1. The Hall–Kier alpha value is -2.64. The van der Waals surface area contributed by atoms with E-state index < -0.39 is 15.7 Å². The van der Waals surface area contributed by atoms with E-state index in [0.717, 1.165) is 5.69 Å².